The number of halogens is 2. The summed E-state index contributed by atoms with van der Waals surface area (Å²) in [6.07, 6.45) is 2.43. The molecule has 1 aliphatic carbocycles. The van der Waals surface area contributed by atoms with Gasteiger partial charge < -0.3 is 5.73 Å². The lowest BCUT2D eigenvalue weighted by Gasteiger charge is -2.22. The standard InChI is InChI=1S/C17H18ClFN2/c18-16-8-3-13(9-17(16)19)11-21(15-6-7-15)10-12-1-4-14(20)5-2-12/h1-5,8-9,15H,6-7,10-11,20H2. The lowest BCUT2D eigenvalue weighted by atomic mass is 10.1. The van der Waals surface area contributed by atoms with Gasteiger partial charge in [0, 0.05) is 24.8 Å². The van der Waals surface area contributed by atoms with E-state index in [-0.39, 0.29) is 10.8 Å². The number of nitrogen functional groups attached to an aromatic ring is 1. The SMILES string of the molecule is Nc1ccc(CN(Cc2ccc(Cl)c(F)c2)C2CC2)cc1. The van der Waals surface area contributed by atoms with Gasteiger partial charge in [-0.2, -0.15) is 0 Å². The molecule has 2 aromatic carbocycles. The molecule has 21 heavy (non-hydrogen) atoms. The van der Waals surface area contributed by atoms with Crippen LogP contribution in [0.1, 0.15) is 24.0 Å². The van der Waals surface area contributed by atoms with Gasteiger partial charge in [0.25, 0.3) is 0 Å². The second-order valence-electron chi connectivity index (χ2n) is 5.63. The highest BCUT2D eigenvalue weighted by Crippen LogP contribution is 2.30. The molecule has 0 aliphatic heterocycles. The van der Waals surface area contributed by atoms with Crippen molar-refractivity contribution in [1.82, 2.24) is 4.90 Å². The van der Waals surface area contributed by atoms with E-state index in [0.29, 0.717) is 6.04 Å². The maximum atomic E-state index is 13.6. The van der Waals surface area contributed by atoms with Crippen molar-refractivity contribution in [1.29, 1.82) is 0 Å². The van der Waals surface area contributed by atoms with Gasteiger partial charge in [0.1, 0.15) is 5.82 Å². The third-order valence-electron chi connectivity index (χ3n) is 3.80. The molecule has 2 nitrogen and oxygen atoms in total. The third kappa shape index (κ3) is 3.74. The maximum absolute atomic E-state index is 13.6. The van der Waals surface area contributed by atoms with Crippen molar-refractivity contribution in [2.75, 3.05) is 5.73 Å². The molecule has 3 rings (SSSR count). The van der Waals surface area contributed by atoms with Crippen molar-refractivity contribution in [3.63, 3.8) is 0 Å². The average Bonchev–Trinajstić information content (AvgIpc) is 3.29. The molecule has 1 saturated carbocycles. The minimum absolute atomic E-state index is 0.176. The van der Waals surface area contributed by atoms with Crippen LogP contribution < -0.4 is 5.73 Å². The topological polar surface area (TPSA) is 29.3 Å². The first-order valence-electron chi connectivity index (χ1n) is 7.14. The number of benzene rings is 2. The van der Waals surface area contributed by atoms with Crippen LogP contribution in [0.2, 0.25) is 5.02 Å². The molecule has 1 fully saturated rings. The van der Waals surface area contributed by atoms with Crippen LogP contribution in [0.15, 0.2) is 42.5 Å². The summed E-state index contributed by atoms with van der Waals surface area (Å²) in [6, 6.07) is 13.6. The van der Waals surface area contributed by atoms with E-state index in [0.717, 1.165) is 24.3 Å². The zero-order chi connectivity index (χ0) is 14.8. The van der Waals surface area contributed by atoms with Crippen LogP contribution in [-0.2, 0) is 13.1 Å². The predicted octanol–water partition coefficient (Wildman–Crippen LogP) is 4.23. The average molecular weight is 305 g/mol. The predicted molar refractivity (Wildman–Crippen MR) is 84.5 cm³/mol. The number of anilines is 1. The lowest BCUT2D eigenvalue weighted by molar-refractivity contribution is 0.245. The van der Waals surface area contributed by atoms with Crippen LogP contribution in [-0.4, -0.2) is 10.9 Å². The van der Waals surface area contributed by atoms with E-state index in [9.17, 15) is 4.39 Å². The van der Waals surface area contributed by atoms with E-state index < -0.39 is 0 Å². The van der Waals surface area contributed by atoms with Crippen molar-refractivity contribution >= 4 is 17.3 Å². The van der Waals surface area contributed by atoms with Gasteiger partial charge in [0.2, 0.25) is 0 Å². The Morgan fingerprint density at radius 1 is 1.05 bits per heavy atom. The first-order chi connectivity index (χ1) is 10.1. The summed E-state index contributed by atoms with van der Waals surface area (Å²) in [4.78, 5) is 2.38. The quantitative estimate of drug-likeness (QED) is 0.838. The second kappa shape index (κ2) is 6.04. The van der Waals surface area contributed by atoms with Gasteiger partial charge in [-0.25, -0.2) is 4.39 Å². The van der Waals surface area contributed by atoms with E-state index in [4.69, 9.17) is 17.3 Å². The molecule has 0 atom stereocenters. The first-order valence-corrected chi connectivity index (χ1v) is 7.52. The monoisotopic (exact) mass is 304 g/mol. The van der Waals surface area contributed by atoms with Crippen molar-refractivity contribution < 1.29 is 4.39 Å². The molecule has 0 unspecified atom stereocenters. The summed E-state index contributed by atoms with van der Waals surface area (Å²) in [7, 11) is 0. The van der Waals surface area contributed by atoms with Crippen LogP contribution in [0.3, 0.4) is 0 Å². The van der Waals surface area contributed by atoms with E-state index >= 15 is 0 Å². The Bertz CT molecular complexity index is 623. The third-order valence-corrected chi connectivity index (χ3v) is 4.10. The Morgan fingerprint density at radius 2 is 1.67 bits per heavy atom. The molecule has 0 amide bonds. The number of rotatable bonds is 5. The Morgan fingerprint density at radius 3 is 2.29 bits per heavy atom. The van der Waals surface area contributed by atoms with Crippen LogP contribution in [0.4, 0.5) is 10.1 Å². The Hall–Kier alpha value is -1.58. The summed E-state index contributed by atoms with van der Waals surface area (Å²) in [5, 5.41) is 0.176. The zero-order valence-corrected chi connectivity index (χ0v) is 12.5. The van der Waals surface area contributed by atoms with Gasteiger partial charge in [0.15, 0.2) is 0 Å². The molecule has 0 bridgehead atoms. The lowest BCUT2D eigenvalue weighted by Crippen LogP contribution is -2.25. The summed E-state index contributed by atoms with van der Waals surface area (Å²) >= 11 is 5.74. The van der Waals surface area contributed by atoms with Crippen molar-refractivity contribution in [3.05, 3.63) is 64.4 Å². The summed E-state index contributed by atoms with van der Waals surface area (Å²) in [6.45, 7) is 1.60. The molecule has 0 aromatic heterocycles. The number of nitrogens with zero attached hydrogens (tertiary/aromatic N) is 1. The van der Waals surface area contributed by atoms with Gasteiger partial charge >= 0.3 is 0 Å². The van der Waals surface area contributed by atoms with Crippen LogP contribution >= 0.6 is 11.6 Å². The molecule has 2 aromatic rings. The molecule has 0 radical (unpaired) electrons. The smallest absolute Gasteiger partial charge is 0.142 e. The summed E-state index contributed by atoms with van der Waals surface area (Å²) in [5.41, 5.74) is 8.68. The van der Waals surface area contributed by atoms with E-state index in [1.807, 2.05) is 30.3 Å². The molecular formula is C17H18ClFN2. The highest BCUT2D eigenvalue weighted by atomic mass is 35.5. The minimum atomic E-state index is -0.350. The van der Waals surface area contributed by atoms with Crippen LogP contribution in [0.25, 0.3) is 0 Å². The van der Waals surface area contributed by atoms with Crippen molar-refractivity contribution in [2.24, 2.45) is 0 Å². The molecule has 2 N–H and O–H groups in total. The minimum Gasteiger partial charge on any atom is -0.399 e. The van der Waals surface area contributed by atoms with Crippen LogP contribution in [0, 0.1) is 5.82 Å². The van der Waals surface area contributed by atoms with Crippen LogP contribution in [0.5, 0.6) is 0 Å². The molecule has 0 heterocycles. The molecule has 1 aliphatic rings. The normalized spacial score (nSPS) is 14.6. The molecular weight excluding hydrogens is 287 g/mol. The molecule has 0 spiro atoms. The Labute approximate surface area is 129 Å². The van der Waals surface area contributed by atoms with E-state index in [1.54, 1.807) is 6.07 Å². The van der Waals surface area contributed by atoms with Gasteiger partial charge in [0.05, 0.1) is 5.02 Å². The van der Waals surface area contributed by atoms with E-state index in [1.165, 1.54) is 24.5 Å². The largest absolute Gasteiger partial charge is 0.399 e. The first kappa shape index (κ1) is 14.4. The fraction of sp³-hybridized carbons (Fsp3) is 0.294. The Balaban J connectivity index is 1.72. The number of hydrogen-bond acceptors (Lipinski definition) is 2. The Kier molecular flexibility index (Phi) is 4.13. The highest BCUT2D eigenvalue weighted by molar-refractivity contribution is 6.30. The maximum Gasteiger partial charge on any atom is 0.142 e. The molecule has 4 heteroatoms. The fourth-order valence-corrected chi connectivity index (χ4v) is 2.60. The van der Waals surface area contributed by atoms with Gasteiger partial charge in [-0.15, -0.1) is 0 Å². The highest BCUT2D eigenvalue weighted by Gasteiger charge is 2.29. The van der Waals surface area contributed by atoms with Gasteiger partial charge in [-0.1, -0.05) is 29.8 Å². The summed E-state index contributed by atoms with van der Waals surface area (Å²) in [5.74, 6) is -0.350. The van der Waals surface area contributed by atoms with Crippen molar-refractivity contribution in [3.8, 4) is 0 Å². The van der Waals surface area contributed by atoms with Crippen molar-refractivity contribution in [2.45, 2.75) is 32.0 Å². The zero-order valence-electron chi connectivity index (χ0n) is 11.7. The summed E-state index contributed by atoms with van der Waals surface area (Å²) < 4.78 is 13.6. The van der Waals surface area contributed by atoms with E-state index in [2.05, 4.69) is 4.90 Å². The number of hydrogen-bond donors (Lipinski definition) is 1. The van der Waals surface area contributed by atoms with Gasteiger partial charge in [-0.05, 0) is 48.2 Å². The molecule has 110 valence electrons. The number of nitrogens with two attached hydrogens (primary N) is 1. The fourth-order valence-electron chi connectivity index (χ4n) is 2.48. The second-order valence-corrected chi connectivity index (χ2v) is 6.03. The van der Waals surface area contributed by atoms with Gasteiger partial charge in [-0.3, -0.25) is 4.90 Å². The molecule has 0 saturated heterocycles.